The Balaban J connectivity index is 1.96. The molecule has 0 aromatic heterocycles. The van der Waals surface area contributed by atoms with Crippen LogP contribution >= 0.6 is 0 Å². The third-order valence-electron chi connectivity index (χ3n) is 4.49. The third kappa shape index (κ3) is 1.93. The first-order valence-electron chi connectivity index (χ1n) is 6.38. The molecule has 2 heterocycles. The second-order valence-corrected chi connectivity index (χ2v) is 5.26. The van der Waals surface area contributed by atoms with E-state index in [9.17, 15) is 0 Å². The maximum atomic E-state index is 6.29. The van der Waals surface area contributed by atoms with Crippen LogP contribution in [0.4, 0.5) is 0 Å². The Morgan fingerprint density at radius 3 is 2.40 bits per heavy atom. The van der Waals surface area contributed by atoms with Gasteiger partial charge in [-0.1, -0.05) is 6.92 Å². The lowest BCUT2D eigenvalue weighted by molar-refractivity contribution is 0.0608. The van der Waals surface area contributed by atoms with E-state index >= 15 is 0 Å². The highest BCUT2D eigenvalue weighted by atomic mass is 15.3. The van der Waals surface area contributed by atoms with Crippen LogP contribution in [-0.4, -0.2) is 54.6 Å². The minimum Gasteiger partial charge on any atom is -0.326 e. The topological polar surface area (TPSA) is 32.5 Å². The Hall–Kier alpha value is -0.120. The summed E-state index contributed by atoms with van der Waals surface area (Å²) in [4.78, 5) is 5.10. The van der Waals surface area contributed by atoms with Gasteiger partial charge in [-0.25, -0.2) is 0 Å². The number of piperidine rings is 1. The number of likely N-dealkylation sites (N-methyl/N-ethyl adjacent to an activating group) is 1. The largest absolute Gasteiger partial charge is 0.326 e. The predicted molar refractivity (Wildman–Crippen MR) is 63.9 cm³/mol. The maximum Gasteiger partial charge on any atom is 0.0382 e. The summed E-state index contributed by atoms with van der Waals surface area (Å²) in [5.41, 5.74) is 6.63. The van der Waals surface area contributed by atoms with Crippen LogP contribution < -0.4 is 5.73 Å². The van der Waals surface area contributed by atoms with Gasteiger partial charge in [0.1, 0.15) is 0 Å². The number of likely N-dealkylation sites (tertiary alicyclic amines) is 2. The van der Waals surface area contributed by atoms with Crippen LogP contribution in [0.25, 0.3) is 0 Å². The summed E-state index contributed by atoms with van der Waals surface area (Å²) in [5.74, 6) is 0. The summed E-state index contributed by atoms with van der Waals surface area (Å²) < 4.78 is 0. The Morgan fingerprint density at radius 1 is 1.27 bits per heavy atom. The van der Waals surface area contributed by atoms with E-state index in [4.69, 9.17) is 5.73 Å². The van der Waals surface area contributed by atoms with Crippen LogP contribution in [0.2, 0.25) is 0 Å². The quantitative estimate of drug-likeness (QED) is 0.736. The van der Waals surface area contributed by atoms with Gasteiger partial charge in [0.05, 0.1) is 0 Å². The van der Waals surface area contributed by atoms with E-state index in [-0.39, 0.29) is 0 Å². The highest BCUT2D eigenvalue weighted by Crippen LogP contribution is 2.36. The maximum absolute atomic E-state index is 6.29. The number of nitrogens with zero attached hydrogens (tertiary/aromatic N) is 2. The molecule has 2 aliphatic heterocycles. The molecule has 0 bridgehead atoms. The molecule has 2 fully saturated rings. The van der Waals surface area contributed by atoms with E-state index in [2.05, 4.69) is 23.8 Å². The Labute approximate surface area is 93.6 Å². The molecule has 2 aliphatic rings. The van der Waals surface area contributed by atoms with Gasteiger partial charge in [0.15, 0.2) is 0 Å². The molecule has 3 nitrogen and oxygen atoms in total. The van der Waals surface area contributed by atoms with Gasteiger partial charge >= 0.3 is 0 Å². The molecule has 2 rings (SSSR count). The van der Waals surface area contributed by atoms with E-state index in [0.29, 0.717) is 11.6 Å². The minimum atomic E-state index is 0.338. The first kappa shape index (κ1) is 11.4. The van der Waals surface area contributed by atoms with Crippen molar-refractivity contribution in [3.05, 3.63) is 0 Å². The second kappa shape index (κ2) is 4.40. The molecule has 1 unspecified atom stereocenters. The van der Waals surface area contributed by atoms with Crippen molar-refractivity contribution >= 4 is 0 Å². The van der Waals surface area contributed by atoms with Gasteiger partial charge < -0.3 is 10.6 Å². The zero-order chi connectivity index (χ0) is 10.9. The van der Waals surface area contributed by atoms with E-state index in [0.717, 1.165) is 0 Å². The fourth-order valence-electron chi connectivity index (χ4n) is 3.34. The molecule has 3 heteroatoms. The van der Waals surface area contributed by atoms with Crippen LogP contribution in [0, 0.1) is 0 Å². The fourth-order valence-corrected chi connectivity index (χ4v) is 3.34. The van der Waals surface area contributed by atoms with Gasteiger partial charge in [0.25, 0.3) is 0 Å². The summed E-state index contributed by atoms with van der Waals surface area (Å²) in [6.45, 7) is 7.19. The van der Waals surface area contributed by atoms with E-state index in [1.165, 1.54) is 51.9 Å². The Bertz CT molecular complexity index is 197. The van der Waals surface area contributed by atoms with Crippen molar-refractivity contribution in [3.8, 4) is 0 Å². The molecule has 88 valence electrons. The molecule has 0 saturated carbocycles. The van der Waals surface area contributed by atoms with Crippen molar-refractivity contribution in [3.63, 3.8) is 0 Å². The van der Waals surface area contributed by atoms with Crippen LogP contribution in [0.1, 0.15) is 32.6 Å². The smallest absolute Gasteiger partial charge is 0.0382 e. The number of rotatable bonds is 2. The normalized spacial score (nSPS) is 32.6. The second-order valence-electron chi connectivity index (χ2n) is 5.26. The molecule has 1 atom stereocenters. The molecule has 0 amide bonds. The summed E-state index contributed by atoms with van der Waals surface area (Å²) in [6.07, 6.45) is 4.99. The Kier molecular flexibility index (Phi) is 3.33. The Morgan fingerprint density at radius 2 is 1.93 bits per heavy atom. The fraction of sp³-hybridized carbons (Fsp3) is 1.00. The van der Waals surface area contributed by atoms with Gasteiger partial charge in [-0.3, -0.25) is 4.90 Å². The van der Waals surface area contributed by atoms with Crippen molar-refractivity contribution in [2.24, 2.45) is 5.73 Å². The molecule has 0 aromatic rings. The van der Waals surface area contributed by atoms with Crippen LogP contribution in [-0.2, 0) is 0 Å². The minimum absolute atomic E-state index is 0.338. The lowest BCUT2D eigenvalue weighted by Crippen LogP contribution is -2.58. The van der Waals surface area contributed by atoms with E-state index in [1.54, 1.807) is 0 Å². The third-order valence-corrected chi connectivity index (χ3v) is 4.49. The SMILES string of the molecule is CCCN1CCC2(CC1)C(N)CCN2C. The molecule has 15 heavy (non-hydrogen) atoms. The van der Waals surface area contributed by atoms with Gasteiger partial charge in [0, 0.05) is 11.6 Å². The van der Waals surface area contributed by atoms with Crippen LogP contribution in [0.3, 0.4) is 0 Å². The molecule has 0 radical (unpaired) electrons. The molecule has 0 aliphatic carbocycles. The van der Waals surface area contributed by atoms with E-state index in [1.807, 2.05) is 0 Å². The molecule has 1 spiro atoms. The van der Waals surface area contributed by atoms with Crippen molar-refractivity contribution in [1.29, 1.82) is 0 Å². The average molecular weight is 211 g/mol. The summed E-state index contributed by atoms with van der Waals surface area (Å²) >= 11 is 0. The molecule has 2 saturated heterocycles. The van der Waals surface area contributed by atoms with Crippen molar-refractivity contribution in [1.82, 2.24) is 9.80 Å². The summed E-state index contributed by atoms with van der Waals surface area (Å²) in [6, 6.07) is 0.409. The van der Waals surface area contributed by atoms with Gasteiger partial charge in [0.2, 0.25) is 0 Å². The first-order chi connectivity index (χ1) is 7.19. The molecule has 0 aromatic carbocycles. The predicted octanol–water partition coefficient (Wildman–Crippen LogP) is 0.894. The lowest BCUT2D eigenvalue weighted by atomic mass is 9.82. The molecular weight excluding hydrogens is 186 g/mol. The van der Waals surface area contributed by atoms with Crippen LogP contribution in [0.15, 0.2) is 0 Å². The highest BCUT2D eigenvalue weighted by Gasteiger charge is 2.46. The molecular formula is C12H25N3. The summed E-state index contributed by atoms with van der Waals surface area (Å²) in [7, 11) is 2.25. The lowest BCUT2D eigenvalue weighted by Gasteiger charge is -2.46. The van der Waals surface area contributed by atoms with Gasteiger partial charge in [-0.2, -0.15) is 0 Å². The molecule has 2 N–H and O–H groups in total. The average Bonchev–Trinajstić information content (AvgIpc) is 2.51. The number of nitrogens with two attached hydrogens (primary N) is 1. The monoisotopic (exact) mass is 211 g/mol. The van der Waals surface area contributed by atoms with Crippen molar-refractivity contribution < 1.29 is 0 Å². The number of hydrogen-bond donors (Lipinski definition) is 1. The zero-order valence-corrected chi connectivity index (χ0v) is 10.2. The van der Waals surface area contributed by atoms with Crippen molar-refractivity contribution in [2.45, 2.75) is 44.2 Å². The standard InChI is InChI=1S/C12H25N3/c1-3-7-15-9-5-12(6-10-15)11(13)4-8-14(12)2/h11H,3-10,13H2,1-2H3. The van der Waals surface area contributed by atoms with Gasteiger partial charge in [-0.15, -0.1) is 0 Å². The zero-order valence-electron chi connectivity index (χ0n) is 10.2. The first-order valence-corrected chi connectivity index (χ1v) is 6.38. The summed E-state index contributed by atoms with van der Waals surface area (Å²) in [5, 5.41) is 0. The van der Waals surface area contributed by atoms with Crippen molar-refractivity contribution in [2.75, 3.05) is 33.2 Å². The number of hydrogen-bond acceptors (Lipinski definition) is 3. The van der Waals surface area contributed by atoms with E-state index < -0.39 is 0 Å². The van der Waals surface area contributed by atoms with Gasteiger partial charge in [-0.05, 0) is 58.9 Å². The highest BCUT2D eigenvalue weighted by molar-refractivity contribution is 5.05. The van der Waals surface area contributed by atoms with Crippen LogP contribution in [0.5, 0.6) is 0 Å².